The highest BCUT2D eigenvalue weighted by Gasteiger charge is 2.57. The number of aryl methyl sites for hydroxylation is 1. The summed E-state index contributed by atoms with van der Waals surface area (Å²) < 4.78 is 6.09. The number of benzene rings is 2. The third kappa shape index (κ3) is 4.07. The standard InChI is InChI=1S/C29H36O4/c1-29-15-13-23-22-10-8-21(33-18-19-5-3-2-4-6-19)17-20(22)7-9-24(23)26(29)11-12-27(29)25(14-16-30)28(31)32/h2-6,8,10,17,23-27,30H,7,9,11-16,18H2,1H3,(H,31,32)/t23-,24-,25?,26+,27-,29+/m1/s1. The number of aliphatic carboxylic acids is 1. The number of carboxylic acids is 1. The summed E-state index contributed by atoms with van der Waals surface area (Å²) in [7, 11) is 0. The van der Waals surface area contributed by atoms with Gasteiger partial charge in [0.1, 0.15) is 12.4 Å². The van der Waals surface area contributed by atoms with E-state index in [4.69, 9.17) is 4.74 Å². The summed E-state index contributed by atoms with van der Waals surface area (Å²) in [6.45, 7) is 2.91. The molecular formula is C29H36O4. The third-order valence-corrected chi connectivity index (χ3v) is 9.26. The first kappa shape index (κ1) is 22.5. The lowest BCUT2D eigenvalue weighted by atomic mass is 9.53. The van der Waals surface area contributed by atoms with E-state index in [0.717, 1.165) is 37.9 Å². The van der Waals surface area contributed by atoms with Gasteiger partial charge in [-0.05, 0) is 103 Å². The summed E-state index contributed by atoms with van der Waals surface area (Å²) in [5.74, 6) is 1.80. The normalized spacial score (nSPS) is 31.2. The molecule has 4 heteroatoms. The van der Waals surface area contributed by atoms with Crippen LogP contribution in [0, 0.1) is 29.1 Å². The van der Waals surface area contributed by atoms with Gasteiger partial charge < -0.3 is 14.9 Å². The highest BCUT2D eigenvalue weighted by Crippen LogP contribution is 2.64. The van der Waals surface area contributed by atoms with Gasteiger partial charge in [0.05, 0.1) is 5.92 Å². The molecule has 2 aromatic rings. The van der Waals surface area contributed by atoms with Crippen LogP contribution in [0.25, 0.3) is 0 Å². The Morgan fingerprint density at radius 2 is 1.94 bits per heavy atom. The van der Waals surface area contributed by atoms with E-state index >= 15 is 0 Å². The SMILES string of the molecule is C[C@]12CC[C@@H]3c4ccc(OCc5ccccc5)cc4CC[C@H]3[C@@H]1CC[C@@H]2C(CCO)C(=O)O. The van der Waals surface area contributed by atoms with E-state index in [9.17, 15) is 15.0 Å². The number of hydrogen-bond donors (Lipinski definition) is 2. The van der Waals surface area contributed by atoms with Gasteiger partial charge in [-0.25, -0.2) is 0 Å². The molecular weight excluding hydrogens is 412 g/mol. The number of rotatable bonds is 7. The van der Waals surface area contributed by atoms with Crippen molar-refractivity contribution in [3.05, 3.63) is 65.2 Å². The zero-order valence-electron chi connectivity index (χ0n) is 19.6. The van der Waals surface area contributed by atoms with Gasteiger partial charge >= 0.3 is 5.97 Å². The zero-order chi connectivity index (χ0) is 23.0. The molecule has 2 N–H and O–H groups in total. The fourth-order valence-electron chi connectivity index (χ4n) is 7.73. The van der Waals surface area contributed by atoms with Crippen LogP contribution in [-0.2, 0) is 17.8 Å². The molecule has 0 spiro atoms. The molecule has 1 unspecified atom stereocenters. The van der Waals surface area contributed by atoms with Gasteiger partial charge in [-0.3, -0.25) is 4.79 Å². The molecule has 6 atom stereocenters. The highest BCUT2D eigenvalue weighted by molar-refractivity contribution is 5.70. The lowest BCUT2D eigenvalue weighted by molar-refractivity contribution is -0.147. The molecule has 33 heavy (non-hydrogen) atoms. The Bertz CT molecular complexity index is 986. The van der Waals surface area contributed by atoms with E-state index in [1.54, 1.807) is 0 Å². The molecule has 0 bridgehead atoms. The van der Waals surface area contributed by atoms with Crippen molar-refractivity contribution in [3.8, 4) is 5.75 Å². The second-order valence-electron chi connectivity index (χ2n) is 10.7. The number of ether oxygens (including phenoxy) is 1. The molecule has 2 fully saturated rings. The predicted molar refractivity (Wildman–Crippen MR) is 128 cm³/mol. The van der Waals surface area contributed by atoms with Crippen LogP contribution in [0.15, 0.2) is 48.5 Å². The molecule has 0 heterocycles. The number of aliphatic hydroxyl groups excluding tert-OH is 1. The van der Waals surface area contributed by atoms with Gasteiger partial charge in [-0.1, -0.05) is 43.3 Å². The zero-order valence-corrected chi connectivity index (χ0v) is 19.6. The summed E-state index contributed by atoms with van der Waals surface area (Å²) >= 11 is 0. The second kappa shape index (κ2) is 9.13. The topological polar surface area (TPSA) is 66.8 Å². The van der Waals surface area contributed by atoms with E-state index in [2.05, 4.69) is 37.3 Å². The number of carboxylic acid groups (broad SMARTS) is 1. The van der Waals surface area contributed by atoms with Crippen LogP contribution in [0.2, 0.25) is 0 Å². The van der Waals surface area contributed by atoms with Crippen LogP contribution in [0.5, 0.6) is 5.75 Å². The Labute approximate surface area is 197 Å². The molecule has 0 amide bonds. The minimum Gasteiger partial charge on any atom is -0.489 e. The first-order valence-corrected chi connectivity index (χ1v) is 12.6. The smallest absolute Gasteiger partial charge is 0.306 e. The minimum atomic E-state index is -0.727. The molecule has 0 aromatic heterocycles. The largest absolute Gasteiger partial charge is 0.489 e. The van der Waals surface area contributed by atoms with Gasteiger partial charge in [0.2, 0.25) is 0 Å². The molecule has 0 saturated heterocycles. The van der Waals surface area contributed by atoms with Crippen molar-refractivity contribution in [2.45, 2.75) is 64.4 Å². The molecule has 2 saturated carbocycles. The maximum Gasteiger partial charge on any atom is 0.306 e. The van der Waals surface area contributed by atoms with Crippen LogP contribution in [0.3, 0.4) is 0 Å². The van der Waals surface area contributed by atoms with E-state index in [-0.39, 0.29) is 17.9 Å². The van der Waals surface area contributed by atoms with E-state index < -0.39 is 11.9 Å². The second-order valence-corrected chi connectivity index (χ2v) is 10.7. The van der Waals surface area contributed by atoms with Crippen molar-refractivity contribution >= 4 is 5.97 Å². The van der Waals surface area contributed by atoms with Crippen LogP contribution >= 0.6 is 0 Å². The molecule has 0 radical (unpaired) electrons. The summed E-state index contributed by atoms with van der Waals surface area (Å²) in [5, 5.41) is 19.3. The van der Waals surface area contributed by atoms with Crippen LogP contribution in [0.4, 0.5) is 0 Å². The van der Waals surface area contributed by atoms with Crippen molar-refractivity contribution in [2.75, 3.05) is 6.61 Å². The number of fused-ring (bicyclic) bond motifs is 5. The van der Waals surface area contributed by atoms with Gasteiger partial charge in [-0.2, -0.15) is 0 Å². The summed E-state index contributed by atoms with van der Waals surface area (Å²) in [6.07, 6.45) is 6.98. The Kier molecular flexibility index (Phi) is 6.22. The van der Waals surface area contributed by atoms with Crippen molar-refractivity contribution in [2.24, 2.45) is 29.1 Å². The van der Waals surface area contributed by atoms with Gasteiger partial charge in [-0.15, -0.1) is 0 Å². The summed E-state index contributed by atoms with van der Waals surface area (Å²) in [5.41, 5.74) is 4.19. The summed E-state index contributed by atoms with van der Waals surface area (Å²) in [4.78, 5) is 12.0. The van der Waals surface area contributed by atoms with Crippen molar-refractivity contribution in [3.63, 3.8) is 0 Å². The Balaban J connectivity index is 1.32. The lowest BCUT2D eigenvalue weighted by Crippen LogP contribution is -2.45. The van der Waals surface area contributed by atoms with E-state index in [0.29, 0.717) is 30.8 Å². The van der Waals surface area contributed by atoms with Crippen molar-refractivity contribution in [1.82, 2.24) is 0 Å². The Hall–Kier alpha value is -2.33. The fourth-order valence-corrected chi connectivity index (χ4v) is 7.73. The maximum atomic E-state index is 12.0. The number of aliphatic hydroxyl groups is 1. The van der Waals surface area contributed by atoms with E-state index in [1.165, 1.54) is 23.1 Å². The average Bonchev–Trinajstić information content (AvgIpc) is 3.18. The van der Waals surface area contributed by atoms with Gasteiger partial charge in [0, 0.05) is 6.61 Å². The Morgan fingerprint density at radius 1 is 1.12 bits per heavy atom. The fraction of sp³-hybridized carbons (Fsp3) is 0.552. The average molecular weight is 449 g/mol. The van der Waals surface area contributed by atoms with Crippen molar-refractivity contribution < 1.29 is 19.7 Å². The molecule has 2 aromatic carbocycles. The highest BCUT2D eigenvalue weighted by atomic mass is 16.5. The Morgan fingerprint density at radius 3 is 2.70 bits per heavy atom. The molecule has 0 aliphatic heterocycles. The molecule has 176 valence electrons. The van der Waals surface area contributed by atoms with Gasteiger partial charge in [0.15, 0.2) is 0 Å². The summed E-state index contributed by atoms with van der Waals surface area (Å²) in [6, 6.07) is 17.0. The van der Waals surface area contributed by atoms with E-state index in [1.807, 2.05) is 18.2 Å². The van der Waals surface area contributed by atoms with Gasteiger partial charge in [0.25, 0.3) is 0 Å². The maximum absolute atomic E-state index is 12.0. The lowest BCUT2D eigenvalue weighted by Gasteiger charge is -2.51. The first-order chi connectivity index (χ1) is 16.0. The number of carbonyl (C=O) groups is 1. The third-order valence-electron chi connectivity index (χ3n) is 9.26. The predicted octanol–water partition coefficient (Wildman–Crippen LogP) is 5.82. The van der Waals surface area contributed by atoms with Crippen LogP contribution < -0.4 is 4.74 Å². The van der Waals surface area contributed by atoms with Crippen molar-refractivity contribution in [1.29, 1.82) is 0 Å². The van der Waals surface area contributed by atoms with Crippen LogP contribution in [-0.4, -0.2) is 22.8 Å². The van der Waals surface area contributed by atoms with Crippen LogP contribution in [0.1, 0.15) is 68.1 Å². The first-order valence-electron chi connectivity index (χ1n) is 12.6. The molecule has 5 rings (SSSR count). The molecule has 3 aliphatic carbocycles. The molecule has 3 aliphatic rings. The quantitative estimate of drug-likeness (QED) is 0.560. The minimum absolute atomic E-state index is 0.0394. The number of hydrogen-bond acceptors (Lipinski definition) is 3. The molecule has 4 nitrogen and oxygen atoms in total. The monoisotopic (exact) mass is 448 g/mol.